The number of nitrogens with zero attached hydrogens (tertiary/aromatic N) is 1. The van der Waals surface area contributed by atoms with Crippen molar-refractivity contribution in [3.8, 4) is 0 Å². The molecule has 26 heavy (non-hydrogen) atoms. The molecule has 0 fully saturated rings. The summed E-state index contributed by atoms with van der Waals surface area (Å²) in [6, 6.07) is 1.17. The zero-order chi connectivity index (χ0) is 20.4. The molecule has 0 aliphatic carbocycles. The number of ether oxygens (including phenoxy) is 1. The minimum Gasteiger partial charge on any atom is -0.478 e. The summed E-state index contributed by atoms with van der Waals surface area (Å²) in [4.78, 5) is 28.7. The number of anilines is 1. The summed E-state index contributed by atoms with van der Waals surface area (Å²) in [5, 5.41) is 9.48. The van der Waals surface area contributed by atoms with Crippen molar-refractivity contribution in [2.45, 2.75) is 44.6 Å². The first-order chi connectivity index (χ1) is 11.7. The van der Waals surface area contributed by atoms with Crippen LogP contribution in [-0.2, 0) is 25.8 Å². The Morgan fingerprint density at radius 3 is 2.19 bits per heavy atom. The fourth-order valence-corrected chi connectivity index (χ4v) is 3.83. The second-order valence-corrected chi connectivity index (χ2v) is 8.79. The molecule has 0 atom stereocenters. The summed E-state index contributed by atoms with van der Waals surface area (Å²) >= 11 is 6.16. The van der Waals surface area contributed by atoms with Crippen LogP contribution in [0.3, 0.4) is 0 Å². The quantitative estimate of drug-likeness (QED) is 0.745. The van der Waals surface area contributed by atoms with Crippen molar-refractivity contribution in [2.75, 3.05) is 18.4 Å². The van der Waals surface area contributed by atoms with Crippen LogP contribution in [0.15, 0.2) is 11.0 Å². The van der Waals surface area contributed by atoms with Gasteiger partial charge >= 0.3 is 12.1 Å². The number of hydroxylamine groups is 1. The molecule has 0 bridgehead atoms. The molecule has 0 radical (unpaired) electrons. The molecule has 1 N–H and O–H groups in total. The Bertz CT molecular complexity index is 828. The average molecular weight is 408 g/mol. The van der Waals surface area contributed by atoms with Gasteiger partial charge in [0, 0.05) is 6.26 Å². The van der Waals surface area contributed by atoms with E-state index >= 15 is 0 Å². The summed E-state index contributed by atoms with van der Waals surface area (Å²) in [6.45, 7) is 6.49. The molecule has 1 amide bonds. The van der Waals surface area contributed by atoms with Crippen LogP contribution in [0.2, 0.25) is 5.02 Å². The first kappa shape index (κ1) is 22.2. The van der Waals surface area contributed by atoms with E-state index in [-0.39, 0.29) is 28.1 Å². The molecule has 0 aliphatic heterocycles. The lowest BCUT2D eigenvalue weighted by atomic mass is 10.1. The molecule has 0 unspecified atom stereocenters. The highest BCUT2D eigenvalue weighted by molar-refractivity contribution is 7.91. The normalized spacial score (nSPS) is 12.0. The van der Waals surface area contributed by atoms with E-state index in [2.05, 4.69) is 0 Å². The molecule has 0 aliphatic rings. The van der Waals surface area contributed by atoms with Gasteiger partial charge in [-0.15, -0.1) is 0 Å². The van der Waals surface area contributed by atoms with Crippen LogP contribution in [0.5, 0.6) is 0 Å². The number of carboxylic acid groups (broad SMARTS) is 1. The van der Waals surface area contributed by atoms with E-state index in [1.165, 1.54) is 6.07 Å². The van der Waals surface area contributed by atoms with E-state index in [0.717, 1.165) is 13.4 Å². The van der Waals surface area contributed by atoms with Gasteiger partial charge in [0.25, 0.3) is 0 Å². The molecule has 0 saturated heterocycles. The predicted molar refractivity (Wildman–Crippen MR) is 96.6 cm³/mol. The van der Waals surface area contributed by atoms with Crippen molar-refractivity contribution in [3.63, 3.8) is 0 Å². The van der Waals surface area contributed by atoms with Gasteiger partial charge in [-0.25, -0.2) is 18.0 Å². The average Bonchev–Trinajstić information content (AvgIpc) is 2.45. The number of aromatic carboxylic acids is 1. The summed E-state index contributed by atoms with van der Waals surface area (Å²) in [5.41, 5.74) is -1.45. The van der Waals surface area contributed by atoms with Crippen molar-refractivity contribution < 1.29 is 32.7 Å². The zero-order valence-corrected chi connectivity index (χ0v) is 17.0. The van der Waals surface area contributed by atoms with Crippen LogP contribution in [0.25, 0.3) is 0 Å². The van der Waals surface area contributed by atoms with Crippen LogP contribution < -0.4 is 5.06 Å². The van der Waals surface area contributed by atoms with Crippen LogP contribution in [0.4, 0.5) is 10.5 Å². The molecule has 1 aromatic rings. The smallest absolute Gasteiger partial charge is 0.439 e. The monoisotopic (exact) mass is 407 g/mol. The fourth-order valence-electron chi connectivity index (χ4n) is 2.26. The maximum Gasteiger partial charge on any atom is 0.439 e. The van der Waals surface area contributed by atoms with Gasteiger partial charge in [-0.3, -0.25) is 4.84 Å². The number of halogens is 1. The lowest BCUT2D eigenvalue weighted by Gasteiger charge is -2.28. The largest absolute Gasteiger partial charge is 0.478 e. The van der Waals surface area contributed by atoms with E-state index in [0.29, 0.717) is 5.06 Å². The van der Waals surface area contributed by atoms with Crippen molar-refractivity contribution in [3.05, 3.63) is 22.2 Å². The number of hydrogen-bond donors (Lipinski definition) is 1. The molecule has 8 nitrogen and oxygen atoms in total. The lowest BCUT2D eigenvalue weighted by Crippen LogP contribution is -2.37. The van der Waals surface area contributed by atoms with Gasteiger partial charge in [0.1, 0.15) is 11.3 Å². The third-order valence-electron chi connectivity index (χ3n) is 3.20. The SMILES string of the molecule is CCc1cc(C(=O)O)c(Cl)c(N(OC)C(=O)OC(C)(C)C)c1S(C)(=O)=O. The summed E-state index contributed by atoms with van der Waals surface area (Å²) in [5.74, 6) is -1.37. The molecule has 146 valence electrons. The number of sulfone groups is 1. The number of rotatable bonds is 5. The van der Waals surface area contributed by atoms with E-state index in [9.17, 15) is 23.1 Å². The molecule has 0 saturated carbocycles. The van der Waals surface area contributed by atoms with Gasteiger partial charge in [0.2, 0.25) is 0 Å². The maximum absolute atomic E-state index is 12.5. The van der Waals surface area contributed by atoms with Crippen LogP contribution in [0.1, 0.15) is 43.6 Å². The number of aryl methyl sites for hydroxylation is 1. The second-order valence-electron chi connectivity index (χ2n) is 6.46. The van der Waals surface area contributed by atoms with Crippen molar-refractivity contribution in [1.82, 2.24) is 0 Å². The predicted octanol–water partition coefficient (Wildman–Crippen LogP) is 3.31. The van der Waals surface area contributed by atoms with Gasteiger partial charge in [-0.1, -0.05) is 18.5 Å². The highest BCUT2D eigenvalue weighted by Crippen LogP contribution is 2.39. The van der Waals surface area contributed by atoms with Crippen molar-refractivity contribution >= 4 is 39.2 Å². The Kier molecular flexibility index (Phi) is 6.67. The van der Waals surface area contributed by atoms with Crippen LogP contribution in [0, 0.1) is 0 Å². The summed E-state index contributed by atoms with van der Waals surface area (Å²) < 4.78 is 29.9. The topological polar surface area (TPSA) is 110 Å². The fraction of sp³-hybridized carbons (Fsp3) is 0.500. The summed E-state index contributed by atoms with van der Waals surface area (Å²) in [7, 11) is -2.76. The van der Waals surface area contributed by atoms with Gasteiger partial charge in [-0.2, -0.15) is 5.06 Å². The van der Waals surface area contributed by atoms with Gasteiger partial charge in [0.15, 0.2) is 9.84 Å². The van der Waals surface area contributed by atoms with Crippen LogP contribution in [-0.4, -0.2) is 44.6 Å². The minimum atomic E-state index is -3.88. The Balaban J connectivity index is 3.88. The third-order valence-corrected chi connectivity index (χ3v) is 4.78. The molecule has 0 heterocycles. The molecular formula is C16H22ClNO7S. The van der Waals surface area contributed by atoms with Gasteiger partial charge < -0.3 is 9.84 Å². The van der Waals surface area contributed by atoms with E-state index < -0.39 is 32.5 Å². The van der Waals surface area contributed by atoms with E-state index in [1.807, 2.05) is 0 Å². The number of hydrogen-bond acceptors (Lipinski definition) is 6. The Hall–Kier alpha value is -1.84. The number of carbonyl (C=O) groups excluding carboxylic acids is 1. The Labute approximate surface area is 157 Å². The first-order valence-electron chi connectivity index (χ1n) is 7.60. The zero-order valence-electron chi connectivity index (χ0n) is 15.4. The summed E-state index contributed by atoms with van der Waals surface area (Å²) in [6.07, 6.45) is 0.0973. The molecular weight excluding hydrogens is 386 g/mol. The van der Waals surface area contributed by atoms with Crippen LogP contribution >= 0.6 is 11.6 Å². The highest BCUT2D eigenvalue weighted by atomic mass is 35.5. The standard InChI is InChI=1S/C16H22ClNO7S/c1-7-9-8-10(14(19)20)11(17)12(13(9)26(6,22)23)18(24-5)15(21)25-16(2,3)4/h8H,7H2,1-6H3,(H,19,20). The second kappa shape index (κ2) is 7.81. The molecule has 0 spiro atoms. The molecule has 1 aromatic carbocycles. The van der Waals surface area contributed by atoms with Gasteiger partial charge in [-0.05, 0) is 38.8 Å². The number of carboxylic acids is 1. The van der Waals surface area contributed by atoms with Crippen molar-refractivity contribution in [1.29, 1.82) is 0 Å². The third kappa shape index (κ3) is 4.87. The molecule has 1 rings (SSSR count). The molecule has 0 aromatic heterocycles. The maximum atomic E-state index is 12.5. The minimum absolute atomic E-state index is 0.190. The number of carbonyl (C=O) groups is 2. The Morgan fingerprint density at radius 2 is 1.85 bits per heavy atom. The van der Waals surface area contributed by atoms with Gasteiger partial charge in [0.05, 0.1) is 22.6 Å². The van der Waals surface area contributed by atoms with Crippen molar-refractivity contribution in [2.24, 2.45) is 0 Å². The first-order valence-corrected chi connectivity index (χ1v) is 9.87. The van der Waals surface area contributed by atoms with E-state index in [4.69, 9.17) is 21.2 Å². The number of amides is 1. The lowest BCUT2D eigenvalue weighted by molar-refractivity contribution is 0.0324. The Morgan fingerprint density at radius 1 is 1.31 bits per heavy atom. The highest BCUT2D eigenvalue weighted by Gasteiger charge is 2.34. The molecule has 10 heteroatoms. The van der Waals surface area contributed by atoms with E-state index in [1.54, 1.807) is 27.7 Å². The number of benzene rings is 1.